The number of carbonyl (C=O) groups excluding carboxylic acids is 1. The van der Waals surface area contributed by atoms with Gasteiger partial charge in [-0.2, -0.15) is 5.26 Å². The second kappa shape index (κ2) is 6.56. The fourth-order valence-electron chi connectivity index (χ4n) is 1.94. The number of Topliss-reactive ketones (excluding diaryl/α,β-unsaturated/α-hetero) is 1. The Morgan fingerprint density at radius 3 is 2.45 bits per heavy atom. The summed E-state index contributed by atoms with van der Waals surface area (Å²) in [7, 11) is 0. The van der Waals surface area contributed by atoms with Crippen LogP contribution in [0.15, 0.2) is 48.5 Å². The highest BCUT2D eigenvalue weighted by molar-refractivity contribution is 6.42. The quantitative estimate of drug-likeness (QED) is 0.756. The summed E-state index contributed by atoms with van der Waals surface area (Å²) in [6, 6.07) is 16.1. The van der Waals surface area contributed by atoms with Gasteiger partial charge in [-0.15, -0.1) is 0 Å². The van der Waals surface area contributed by atoms with E-state index in [1.165, 1.54) is 0 Å². The van der Waals surface area contributed by atoms with E-state index < -0.39 is 5.92 Å². The van der Waals surface area contributed by atoms with Gasteiger partial charge >= 0.3 is 0 Å². The molecule has 2 aromatic carbocycles. The SMILES string of the molecule is N#C[C@@H](CC(=O)c1ccccc1)c1cccc(Cl)c1Cl. The van der Waals surface area contributed by atoms with Crippen LogP contribution in [-0.4, -0.2) is 5.78 Å². The molecule has 20 heavy (non-hydrogen) atoms. The molecular formula is C16H11Cl2NO. The predicted molar refractivity (Wildman–Crippen MR) is 80.2 cm³/mol. The second-order valence-electron chi connectivity index (χ2n) is 4.32. The van der Waals surface area contributed by atoms with Crippen LogP contribution in [0.2, 0.25) is 10.0 Å². The highest BCUT2D eigenvalue weighted by Gasteiger charge is 2.20. The Kier molecular flexibility index (Phi) is 4.79. The molecule has 0 saturated heterocycles. The summed E-state index contributed by atoms with van der Waals surface area (Å²) < 4.78 is 0. The van der Waals surface area contributed by atoms with Crippen LogP contribution in [0, 0.1) is 11.3 Å². The lowest BCUT2D eigenvalue weighted by molar-refractivity contribution is 0.0979. The molecule has 0 aliphatic heterocycles. The smallest absolute Gasteiger partial charge is 0.164 e. The summed E-state index contributed by atoms with van der Waals surface area (Å²) in [5, 5.41) is 10.0. The minimum atomic E-state index is -0.603. The first-order valence-electron chi connectivity index (χ1n) is 6.05. The minimum Gasteiger partial charge on any atom is -0.294 e. The summed E-state index contributed by atoms with van der Waals surface area (Å²) in [4.78, 5) is 12.2. The number of rotatable bonds is 4. The number of hydrogen-bond acceptors (Lipinski definition) is 2. The zero-order chi connectivity index (χ0) is 14.5. The average Bonchev–Trinajstić information content (AvgIpc) is 2.48. The maximum Gasteiger partial charge on any atom is 0.164 e. The fraction of sp³-hybridized carbons (Fsp3) is 0.125. The Morgan fingerprint density at radius 1 is 1.10 bits per heavy atom. The Labute approximate surface area is 127 Å². The molecule has 0 spiro atoms. The molecular weight excluding hydrogens is 293 g/mol. The lowest BCUT2D eigenvalue weighted by Crippen LogP contribution is -2.06. The Morgan fingerprint density at radius 2 is 1.80 bits per heavy atom. The Bertz CT molecular complexity index is 662. The molecule has 2 nitrogen and oxygen atoms in total. The summed E-state index contributed by atoms with van der Waals surface area (Å²) in [5.74, 6) is -0.693. The van der Waals surface area contributed by atoms with Crippen molar-refractivity contribution in [3.8, 4) is 6.07 Å². The van der Waals surface area contributed by atoms with Crippen LogP contribution in [-0.2, 0) is 0 Å². The highest BCUT2D eigenvalue weighted by Crippen LogP contribution is 2.32. The summed E-state index contributed by atoms with van der Waals surface area (Å²) >= 11 is 12.0. The number of nitrogens with zero attached hydrogens (tertiary/aromatic N) is 1. The van der Waals surface area contributed by atoms with Crippen LogP contribution in [0.5, 0.6) is 0 Å². The summed E-state index contributed by atoms with van der Waals surface area (Å²) in [6.45, 7) is 0. The molecule has 0 heterocycles. The van der Waals surface area contributed by atoms with Crippen molar-refractivity contribution in [3.05, 3.63) is 69.7 Å². The third-order valence-electron chi connectivity index (χ3n) is 3.00. The van der Waals surface area contributed by atoms with Gasteiger partial charge in [-0.3, -0.25) is 4.79 Å². The van der Waals surface area contributed by atoms with Crippen molar-refractivity contribution in [3.63, 3.8) is 0 Å². The number of nitriles is 1. The van der Waals surface area contributed by atoms with E-state index in [0.29, 0.717) is 21.2 Å². The molecule has 4 heteroatoms. The normalized spacial score (nSPS) is 11.7. The minimum absolute atomic E-state index is 0.0839. The first kappa shape index (κ1) is 14.6. The van der Waals surface area contributed by atoms with Crippen molar-refractivity contribution in [2.24, 2.45) is 0 Å². The van der Waals surface area contributed by atoms with E-state index in [-0.39, 0.29) is 12.2 Å². The number of ketones is 1. The maximum atomic E-state index is 12.2. The number of benzene rings is 2. The lowest BCUT2D eigenvalue weighted by atomic mass is 9.93. The molecule has 2 aromatic rings. The zero-order valence-corrected chi connectivity index (χ0v) is 12.0. The molecule has 0 bridgehead atoms. The largest absolute Gasteiger partial charge is 0.294 e. The molecule has 0 saturated carbocycles. The summed E-state index contributed by atoms with van der Waals surface area (Å²) in [6.07, 6.45) is 0.0839. The van der Waals surface area contributed by atoms with Crippen molar-refractivity contribution in [1.29, 1.82) is 5.26 Å². The average molecular weight is 304 g/mol. The van der Waals surface area contributed by atoms with E-state index in [4.69, 9.17) is 23.2 Å². The van der Waals surface area contributed by atoms with Gasteiger partial charge in [0.2, 0.25) is 0 Å². The Balaban J connectivity index is 2.24. The molecule has 0 unspecified atom stereocenters. The fourth-order valence-corrected chi connectivity index (χ4v) is 2.38. The van der Waals surface area contributed by atoms with Gasteiger partial charge < -0.3 is 0 Å². The number of halogens is 2. The van der Waals surface area contributed by atoms with Gasteiger partial charge in [0.1, 0.15) is 0 Å². The van der Waals surface area contributed by atoms with Gasteiger partial charge in [0.15, 0.2) is 5.78 Å². The van der Waals surface area contributed by atoms with Crippen molar-refractivity contribution >= 4 is 29.0 Å². The monoisotopic (exact) mass is 303 g/mol. The van der Waals surface area contributed by atoms with E-state index >= 15 is 0 Å². The lowest BCUT2D eigenvalue weighted by Gasteiger charge is -2.11. The standard InChI is InChI=1S/C16H11Cl2NO/c17-14-8-4-7-13(16(14)18)12(10-19)9-15(20)11-5-2-1-3-6-11/h1-8,12H,9H2/t12-/m1/s1. The van der Waals surface area contributed by atoms with Crippen molar-refractivity contribution in [1.82, 2.24) is 0 Å². The van der Waals surface area contributed by atoms with Gasteiger partial charge in [-0.25, -0.2) is 0 Å². The van der Waals surface area contributed by atoms with E-state index in [2.05, 4.69) is 6.07 Å². The van der Waals surface area contributed by atoms with Gasteiger partial charge in [0, 0.05) is 12.0 Å². The van der Waals surface area contributed by atoms with Gasteiger partial charge in [-0.1, -0.05) is 65.7 Å². The summed E-state index contributed by atoms with van der Waals surface area (Å²) in [5.41, 5.74) is 1.18. The first-order chi connectivity index (χ1) is 9.63. The third-order valence-corrected chi connectivity index (χ3v) is 3.83. The maximum absolute atomic E-state index is 12.2. The highest BCUT2D eigenvalue weighted by atomic mass is 35.5. The van der Waals surface area contributed by atoms with Crippen LogP contribution in [0.3, 0.4) is 0 Å². The van der Waals surface area contributed by atoms with Crippen LogP contribution in [0.1, 0.15) is 28.3 Å². The molecule has 0 N–H and O–H groups in total. The first-order valence-corrected chi connectivity index (χ1v) is 6.81. The molecule has 0 fully saturated rings. The van der Waals surface area contributed by atoms with E-state index in [0.717, 1.165) is 0 Å². The van der Waals surface area contributed by atoms with E-state index in [9.17, 15) is 10.1 Å². The second-order valence-corrected chi connectivity index (χ2v) is 5.10. The van der Waals surface area contributed by atoms with Crippen molar-refractivity contribution in [2.75, 3.05) is 0 Å². The molecule has 2 rings (SSSR count). The Hall–Kier alpha value is -1.82. The van der Waals surface area contributed by atoms with Gasteiger partial charge in [-0.05, 0) is 11.6 Å². The third kappa shape index (κ3) is 3.19. The van der Waals surface area contributed by atoms with Crippen molar-refractivity contribution < 1.29 is 4.79 Å². The molecule has 0 amide bonds. The van der Waals surface area contributed by atoms with Crippen LogP contribution >= 0.6 is 23.2 Å². The van der Waals surface area contributed by atoms with E-state index in [1.807, 2.05) is 6.07 Å². The van der Waals surface area contributed by atoms with Gasteiger partial charge in [0.25, 0.3) is 0 Å². The van der Waals surface area contributed by atoms with Crippen LogP contribution < -0.4 is 0 Å². The van der Waals surface area contributed by atoms with Crippen LogP contribution in [0.25, 0.3) is 0 Å². The number of carbonyl (C=O) groups is 1. The predicted octanol–water partition coefficient (Wildman–Crippen LogP) is 4.87. The molecule has 0 aromatic heterocycles. The molecule has 0 radical (unpaired) electrons. The van der Waals surface area contributed by atoms with Crippen molar-refractivity contribution in [2.45, 2.75) is 12.3 Å². The molecule has 0 aliphatic carbocycles. The van der Waals surface area contributed by atoms with Gasteiger partial charge in [0.05, 0.1) is 22.0 Å². The topological polar surface area (TPSA) is 40.9 Å². The number of hydrogen-bond donors (Lipinski definition) is 0. The molecule has 1 atom stereocenters. The van der Waals surface area contributed by atoms with Crippen LogP contribution in [0.4, 0.5) is 0 Å². The molecule has 0 aliphatic rings. The van der Waals surface area contributed by atoms with E-state index in [1.54, 1.807) is 42.5 Å². The molecule has 100 valence electrons. The zero-order valence-electron chi connectivity index (χ0n) is 10.5.